The van der Waals surface area contributed by atoms with Crippen molar-refractivity contribution in [1.29, 1.82) is 0 Å². The van der Waals surface area contributed by atoms with Crippen LogP contribution in [-0.2, 0) is 16.0 Å². The number of aliphatic hydroxyl groups is 3. The van der Waals surface area contributed by atoms with Crippen LogP contribution in [0.2, 0.25) is 0 Å². The molecule has 3 aliphatic rings. The van der Waals surface area contributed by atoms with Crippen LogP contribution in [0.25, 0.3) is 0 Å². The Morgan fingerprint density at radius 3 is 2.39 bits per heavy atom. The van der Waals surface area contributed by atoms with Crippen molar-refractivity contribution in [2.75, 3.05) is 33.1 Å². The van der Waals surface area contributed by atoms with Gasteiger partial charge in [0, 0.05) is 31.3 Å². The quantitative estimate of drug-likeness (QED) is 0.296. The smallest absolute Gasteiger partial charge is 0.255 e. The second-order valence-corrected chi connectivity index (χ2v) is 9.74. The van der Waals surface area contributed by atoms with Crippen LogP contribution < -0.4 is 10.6 Å². The third-order valence-corrected chi connectivity index (χ3v) is 7.36. The summed E-state index contributed by atoms with van der Waals surface area (Å²) in [5.41, 5.74) is 2.63. The van der Waals surface area contributed by atoms with Gasteiger partial charge in [0.15, 0.2) is 17.1 Å². The number of carbonyl (C=O) groups is 3. The molecule has 0 heterocycles. The lowest BCUT2D eigenvalue weighted by atomic mass is 9.58. The van der Waals surface area contributed by atoms with Crippen LogP contribution in [0, 0.1) is 11.8 Å². The predicted molar refractivity (Wildman–Crippen MR) is 131 cm³/mol. The fraction of sp³-hybridized carbons (Fsp3) is 0.400. The van der Waals surface area contributed by atoms with Crippen molar-refractivity contribution in [2.24, 2.45) is 22.6 Å². The standard InChI is InChI=1S/C25H28N4O7/c1-6-27-13-9-14(28(2)3)11-7-10-8-12-18(29(4)5)21(32)17(24(26)35)23(34)25(12,36)22(33)15(10)20(31)16(11)19(13)30/h9-10,12,18,30,32-33,36H,1,7-8H2,2-5H3,(H2,26,35). The van der Waals surface area contributed by atoms with Crippen LogP contribution in [0.5, 0.6) is 5.75 Å². The zero-order valence-electron chi connectivity index (χ0n) is 20.4. The van der Waals surface area contributed by atoms with Gasteiger partial charge in [-0.15, -0.1) is 0 Å². The molecule has 1 aromatic rings. The largest absolute Gasteiger partial charge is 0.510 e. The number of rotatable bonds is 4. The lowest BCUT2D eigenvalue weighted by Gasteiger charge is -2.50. The number of ketones is 2. The summed E-state index contributed by atoms with van der Waals surface area (Å²) < 4.78 is 0. The minimum atomic E-state index is -2.68. The number of likely N-dealkylation sites (N-methyl/N-ethyl adjacent to an activating group) is 1. The lowest BCUT2D eigenvalue weighted by molar-refractivity contribution is -0.148. The first-order valence-electron chi connectivity index (χ1n) is 11.2. The zero-order chi connectivity index (χ0) is 26.9. The molecule has 4 rings (SSSR count). The molecule has 0 bridgehead atoms. The Balaban J connectivity index is 2.01. The van der Waals surface area contributed by atoms with Gasteiger partial charge in [-0.25, -0.2) is 4.99 Å². The van der Waals surface area contributed by atoms with Crippen molar-refractivity contribution >= 4 is 34.7 Å². The number of hydrogen-bond acceptors (Lipinski definition) is 10. The van der Waals surface area contributed by atoms with E-state index in [0.717, 1.165) is 0 Å². The molecule has 0 saturated heterocycles. The topological polar surface area (TPSA) is 177 Å². The van der Waals surface area contributed by atoms with Gasteiger partial charge in [-0.05, 0) is 56.9 Å². The highest BCUT2D eigenvalue weighted by molar-refractivity contribution is 6.25. The van der Waals surface area contributed by atoms with Crippen LogP contribution in [0.4, 0.5) is 11.4 Å². The van der Waals surface area contributed by atoms with Crippen molar-refractivity contribution in [3.63, 3.8) is 0 Å². The Bertz CT molecular complexity index is 1340. The molecule has 1 amide bonds. The van der Waals surface area contributed by atoms with E-state index in [0.29, 0.717) is 11.3 Å². The van der Waals surface area contributed by atoms with Crippen LogP contribution >= 0.6 is 0 Å². The molecule has 4 unspecified atom stereocenters. The monoisotopic (exact) mass is 496 g/mol. The highest BCUT2D eigenvalue weighted by atomic mass is 16.3. The predicted octanol–water partition coefficient (Wildman–Crippen LogP) is 0.674. The molecule has 0 spiro atoms. The molecule has 0 aliphatic heterocycles. The van der Waals surface area contributed by atoms with Gasteiger partial charge >= 0.3 is 0 Å². The Morgan fingerprint density at radius 2 is 1.86 bits per heavy atom. The summed E-state index contributed by atoms with van der Waals surface area (Å²) >= 11 is 0. The number of amides is 1. The van der Waals surface area contributed by atoms with Gasteiger partial charge in [0.25, 0.3) is 5.91 Å². The molecule has 11 nitrogen and oxygen atoms in total. The van der Waals surface area contributed by atoms with Crippen LogP contribution in [-0.4, -0.2) is 88.5 Å². The van der Waals surface area contributed by atoms with Gasteiger partial charge in [0.2, 0.25) is 5.78 Å². The Labute approximate surface area is 207 Å². The molecule has 36 heavy (non-hydrogen) atoms. The molecule has 6 N–H and O–H groups in total. The van der Waals surface area contributed by atoms with E-state index in [1.807, 2.05) is 0 Å². The molecule has 0 radical (unpaired) electrons. The molecule has 0 fully saturated rings. The summed E-state index contributed by atoms with van der Waals surface area (Å²) in [4.78, 5) is 46.3. The van der Waals surface area contributed by atoms with E-state index in [4.69, 9.17) is 5.73 Å². The first-order valence-corrected chi connectivity index (χ1v) is 11.2. The normalized spacial score (nSPS) is 27.3. The Morgan fingerprint density at radius 1 is 1.22 bits per heavy atom. The number of primary amides is 1. The maximum absolute atomic E-state index is 13.8. The first kappa shape index (κ1) is 25.2. The van der Waals surface area contributed by atoms with Crippen molar-refractivity contribution < 1.29 is 34.8 Å². The SMILES string of the molecule is C=C=Nc1cc(N(C)C)c2c(c1O)C(=O)C1=C(O)C3(O)C(=O)C(C(N)=O)=C(O)C(N(C)C)C3CC1C2. The summed E-state index contributed by atoms with van der Waals surface area (Å²) in [5.74, 6) is -4.69. The average molecular weight is 497 g/mol. The van der Waals surface area contributed by atoms with Crippen LogP contribution in [0.3, 0.4) is 0 Å². The molecule has 0 aromatic heterocycles. The lowest BCUT2D eigenvalue weighted by Crippen LogP contribution is -2.63. The first-order chi connectivity index (χ1) is 16.8. The van der Waals surface area contributed by atoms with E-state index in [2.05, 4.69) is 17.4 Å². The molecular formula is C25H28N4O7. The van der Waals surface area contributed by atoms with Gasteiger partial charge in [-0.2, -0.15) is 0 Å². The average Bonchev–Trinajstić information content (AvgIpc) is 2.77. The number of hydrogen-bond donors (Lipinski definition) is 5. The number of phenols is 1. The molecule has 11 heteroatoms. The number of aromatic hydroxyl groups is 1. The summed E-state index contributed by atoms with van der Waals surface area (Å²) in [7, 11) is 6.68. The van der Waals surface area contributed by atoms with E-state index < -0.39 is 63.8 Å². The number of phenolic OH excluding ortho intramolecular Hbond substituents is 1. The molecular weight excluding hydrogens is 468 g/mol. The van der Waals surface area contributed by atoms with E-state index in [-0.39, 0.29) is 29.7 Å². The van der Waals surface area contributed by atoms with Crippen molar-refractivity contribution in [2.45, 2.75) is 24.5 Å². The number of benzene rings is 1. The number of anilines is 1. The number of fused-ring (bicyclic) bond motifs is 3. The fourth-order valence-electron chi connectivity index (χ4n) is 5.85. The number of aliphatic imine (C=N–C) groups is 1. The number of nitrogens with zero attached hydrogens (tertiary/aromatic N) is 3. The number of nitrogens with two attached hydrogens (primary N) is 1. The van der Waals surface area contributed by atoms with Crippen molar-refractivity contribution in [3.05, 3.63) is 46.4 Å². The summed E-state index contributed by atoms with van der Waals surface area (Å²) in [6.45, 7) is 3.40. The van der Waals surface area contributed by atoms with Crippen molar-refractivity contribution in [1.82, 2.24) is 4.90 Å². The third-order valence-electron chi connectivity index (χ3n) is 7.36. The van der Waals surface area contributed by atoms with E-state index >= 15 is 0 Å². The minimum Gasteiger partial charge on any atom is -0.510 e. The molecule has 190 valence electrons. The van der Waals surface area contributed by atoms with E-state index in [1.54, 1.807) is 39.2 Å². The summed E-state index contributed by atoms with van der Waals surface area (Å²) in [6.07, 6.45) is 0.208. The van der Waals surface area contributed by atoms with Crippen LogP contribution in [0.15, 0.2) is 40.3 Å². The zero-order valence-corrected chi connectivity index (χ0v) is 20.4. The Kier molecular flexibility index (Phi) is 5.83. The maximum Gasteiger partial charge on any atom is 0.255 e. The second-order valence-electron chi connectivity index (χ2n) is 9.74. The number of carbonyl (C=O) groups excluding carboxylic acids is 3. The Hall–Kier alpha value is -3.92. The molecule has 4 atom stereocenters. The van der Waals surface area contributed by atoms with Crippen molar-refractivity contribution in [3.8, 4) is 5.75 Å². The fourth-order valence-corrected chi connectivity index (χ4v) is 5.85. The van der Waals surface area contributed by atoms with Gasteiger partial charge in [-0.3, -0.25) is 19.3 Å². The van der Waals surface area contributed by atoms with Gasteiger partial charge in [-0.1, -0.05) is 0 Å². The maximum atomic E-state index is 13.8. The second kappa shape index (κ2) is 8.34. The molecule has 1 aromatic carbocycles. The summed E-state index contributed by atoms with van der Waals surface area (Å²) in [6, 6.07) is 0.551. The number of allylic oxidation sites excluding steroid dienone is 1. The van der Waals surface area contributed by atoms with E-state index in [1.165, 1.54) is 4.90 Å². The highest BCUT2D eigenvalue weighted by Crippen LogP contribution is 2.54. The highest BCUT2D eigenvalue weighted by Gasteiger charge is 2.63. The third kappa shape index (κ3) is 3.21. The van der Waals surface area contributed by atoms with Gasteiger partial charge < -0.3 is 31.1 Å². The summed E-state index contributed by atoms with van der Waals surface area (Å²) in [5, 5.41) is 44.7. The van der Waals surface area contributed by atoms with Gasteiger partial charge in [0.05, 0.1) is 11.6 Å². The van der Waals surface area contributed by atoms with Gasteiger partial charge in [0.1, 0.15) is 22.8 Å². The van der Waals surface area contributed by atoms with Crippen LogP contribution in [0.1, 0.15) is 22.3 Å². The molecule has 3 aliphatic carbocycles. The number of Topliss-reactive ketones (excluding diaryl/α,β-unsaturated/α-hetero) is 2. The van der Waals surface area contributed by atoms with E-state index in [9.17, 15) is 34.8 Å². The molecule has 0 saturated carbocycles. The number of aliphatic hydroxyl groups excluding tert-OH is 2. The minimum absolute atomic E-state index is 0.0198.